The lowest BCUT2D eigenvalue weighted by Crippen LogP contribution is -3.00. The van der Waals surface area contributed by atoms with Gasteiger partial charge in [-0.1, -0.05) is 168 Å². The summed E-state index contributed by atoms with van der Waals surface area (Å²) in [6.45, 7) is 15.3. The van der Waals surface area contributed by atoms with Gasteiger partial charge in [-0.3, -0.25) is 0 Å². The summed E-state index contributed by atoms with van der Waals surface area (Å²) in [6.07, 6.45) is 46.5. The predicted molar refractivity (Wildman–Crippen MR) is 206 cm³/mol. The largest absolute Gasteiger partial charge is 1.00 e. The van der Waals surface area contributed by atoms with Gasteiger partial charge < -0.3 is 42.9 Å². The highest BCUT2D eigenvalue weighted by Crippen LogP contribution is 2.23. The van der Waals surface area contributed by atoms with Crippen molar-refractivity contribution in [2.45, 2.75) is 219 Å². The SMILES string of the molecule is CCCCCCCCCCCCCCCC[N+]1(CC#CC[N+]2(CCCCCCCCCCCCCCCC)CCCC2)CCCC1.[Br-].[Br-]. The fraction of sp³-hybridized carbons (Fsp3) is 0.955. The van der Waals surface area contributed by atoms with E-state index in [1.54, 1.807) is 0 Å². The van der Waals surface area contributed by atoms with Crippen molar-refractivity contribution in [3.8, 4) is 11.8 Å². The van der Waals surface area contributed by atoms with Crippen LogP contribution in [-0.4, -0.2) is 61.3 Å². The van der Waals surface area contributed by atoms with Gasteiger partial charge in [-0.15, -0.1) is 0 Å². The van der Waals surface area contributed by atoms with E-state index in [2.05, 4.69) is 25.7 Å². The number of hydrogen-bond acceptors (Lipinski definition) is 0. The van der Waals surface area contributed by atoms with Crippen molar-refractivity contribution in [3.63, 3.8) is 0 Å². The molecule has 2 rings (SSSR count). The van der Waals surface area contributed by atoms with Crippen molar-refractivity contribution < 1.29 is 42.9 Å². The topological polar surface area (TPSA) is 0 Å². The average Bonchev–Trinajstić information content (AvgIpc) is 3.74. The highest BCUT2D eigenvalue weighted by molar-refractivity contribution is 5.00. The maximum absolute atomic E-state index is 3.78. The molecule has 0 aromatic carbocycles. The second kappa shape index (κ2) is 34.5. The summed E-state index contributed by atoms with van der Waals surface area (Å²) in [5.41, 5.74) is 0. The first-order valence-corrected chi connectivity index (χ1v) is 21.9. The molecule has 0 aromatic rings. The van der Waals surface area contributed by atoms with Crippen LogP contribution in [0.2, 0.25) is 0 Å². The molecule has 2 aliphatic heterocycles. The first-order valence-electron chi connectivity index (χ1n) is 21.9. The van der Waals surface area contributed by atoms with Crippen LogP contribution in [0.15, 0.2) is 0 Å². The number of unbranched alkanes of at least 4 members (excludes halogenated alkanes) is 26. The van der Waals surface area contributed by atoms with Crippen LogP contribution in [0.3, 0.4) is 0 Å². The molecule has 0 amide bonds. The third kappa shape index (κ3) is 25.4. The Morgan fingerprint density at radius 1 is 0.312 bits per heavy atom. The van der Waals surface area contributed by atoms with Crippen molar-refractivity contribution in [1.29, 1.82) is 0 Å². The second-order valence-corrected chi connectivity index (χ2v) is 16.3. The Morgan fingerprint density at radius 2 is 0.521 bits per heavy atom. The number of rotatable bonds is 32. The first-order chi connectivity index (χ1) is 22.7. The Balaban J connectivity index is 0.0000110. The third-order valence-corrected chi connectivity index (χ3v) is 12.0. The Morgan fingerprint density at radius 3 is 0.750 bits per heavy atom. The number of likely N-dealkylation sites (tertiary alicyclic amines) is 2. The van der Waals surface area contributed by atoms with Gasteiger partial charge in [0.05, 0.1) is 39.3 Å². The Kier molecular flexibility index (Phi) is 34.8. The third-order valence-electron chi connectivity index (χ3n) is 12.0. The van der Waals surface area contributed by atoms with Crippen LogP contribution in [0.25, 0.3) is 0 Å². The lowest BCUT2D eigenvalue weighted by Gasteiger charge is -2.33. The molecule has 2 saturated heterocycles. The van der Waals surface area contributed by atoms with Crippen LogP contribution in [0.4, 0.5) is 0 Å². The first kappa shape index (κ1) is 48.4. The van der Waals surface area contributed by atoms with Crippen LogP contribution in [0.5, 0.6) is 0 Å². The molecule has 2 nitrogen and oxygen atoms in total. The van der Waals surface area contributed by atoms with E-state index in [1.165, 1.54) is 254 Å². The molecule has 0 spiro atoms. The van der Waals surface area contributed by atoms with Crippen LogP contribution in [-0.2, 0) is 0 Å². The molecule has 0 saturated carbocycles. The smallest absolute Gasteiger partial charge is 0.141 e. The predicted octanol–water partition coefficient (Wildman–Crippen LogP) is 7.18. The zero-order chi connectivity index (χ0) is 32.7. The number of nitrogens with zero attached hydrogens (tertiary/aromatic N) is 2. The Hall–Kier alpha value is 0.440. The van der Waals surface area contributed by atoms with Crippen LogP contribution >= 0.6 is 0 Å². The summed E-state index contributed by atoms with van der Waals surface area (Å²) in [5.74, 6) is 7.56. The Labute approximate surface area is 324 Å². The van der Waals surface area contributed by atoms with Crippen LogP contribution < -0.4 is 34.0 Å². The summed E-state index contributed by atoms with van der Waals surface area (Å²) in [5, 5.41) is 0. The molecule has 0 N–H and O–H groups in total. The summed E-state index contributed by atoms with van der Waals surface area (Å²) < 4.78 is 2.65. The van der Waals surface area contributed by atoms with Crippen molar-refractivity contribution in [2.75, 3.05) is 52.4 Å². The fourth-order valence-corrected chi connectivity index (χ4v) is 8.66. The second-order valence-electron chi connectivity index (χ2n) is 16.3. The molecule has 0 unspecified atom stereocenters. The number of quaternary nitrogens is 2. The van der Waals surface area contributed by atoms with Gasteiger partial charge in [-0.25, -0.2) is 0 Å². The fourth-order valence-electron chi connectivity index (χ4n) is 8.66. The van der Waals surface area contributed by atoms with Gasteiger partial charge in [0.15, 0.2) is 0 Å². The standard InChI is InChI=1S/C44H86N2.2BrH/c1-3-5-7-9-11-13-15-17-19-21-23-25-27-29-37-45(39-31-32-40-45)43-35-36-44-46(41-33-34-42-46)38-30-28-26-24-22-20-18-16-14-12-10-8-6-4-2;;/h3-34,37-44H2,1-2H3;2*1H/q+2;;/p-2. The molecule has 2 aliphatic rings. The van der Waals surface area contributed by atoms with Crippen LogP contribution in [0, 0.1) is 11.8 Å². The summed E-state index contributed by atoms with van der Waals surface area (Å²) in [4.78, 5) is 0. The summed E-state index contributed by atoms with van der Waals surface area (Å²) in [6, 6.07) is 0. The molecular formula is C44H86Br2N2. The minimum absolute atomic E-state index is 0. The monoisotopic (exact) mass is 801 g/mol. The molecule has 2 fully saturated rings. The molecule has 2 heterocycles. The van der Waals surface area contributed by atoms with E-state index in [1.807, 2.05) is 0 Å². The zero-order valence-corrected chi connectivity index (χ0v) is 36.1. The van der Waals surface area contributed by atoms with E-state index < -0.39 is 0 Å². The lowest BCUT2D eigenvalue weighted by molar-refractivity contribution is -0.911. The van der Waals surface area contributed by atoms with Gasteiger partial charge in [-0.2, -0.15) is 0 Å². The zero-order valence-electron chi connectivity index (χ0n) is 32.9. The minimum atomic E-state index is 0. The van der Waals surface area contributed by atoms with E-state index >= 15 is 0 Å². The summed E-state index contributed by atoms with van der Waals surface area (Å²) >= 11 is 0. The van der Waals surface area contributed by atoms with Gasteiger partial charge in [0.2, 0.25) is 0 Å². The quantitative estimate of drug-likeness (QED) is 0.0385. The van der Waals surface area contributed by atoms with Crippen molar-refractivity contribution in [3.05, 3.63) is 0 Å². The van der Waals surface area contributed by atoms with Crippen LogP contribution in [0.1, 0.15) is 219 Å². The normalized spacial score (nSPS) is 16.3. The molecule has 0 aliphatic carbocycles. The molecule has 286 valence electrons. The molecule has 0 atom stereocenters. The van der Waals surface area contributed by atoms with E-state index in [0.717, 1.165) is 13.1 Å². The van der Waals surface area contributed by atoms with Crippen molar-refractivity contribution >= 4 is 0 Å². The van der Waals surface area contributed by atoms with Crippen molar-refractivity contribution in [2.24, 2.45) is 0 Å². The van der Waals surface area contributed by atoms with Gasteiger partial charge in [0, 0.05) is 25.7 Å². The molecule has 0 radical (unpaired) electrons. The highest BCUT2D eigenvalue weighted by atomic mass is 79.9. The number of halogens is 2. The lowest BCUT2D eigenvalue weighted by atomic mass is 10.0. The van der Waals surface area contributed by atoms with E-state index in [9.17, 15) is 0 Å². The highest BCUT2D eigenvalue weighted by Gasteiger charge is 2.32. The van der Waals surface area contributed by atoms with Gasteiger partial charge in [-0.05, 0) is 37.5 Å². The Bertz CT molecular complexity index is 659. The van der Waals surface area contributed by atoms with Crippen molar-refractivity contribution in [1.82, 2.24) is 0 Å². The molecular weight excluding hydrogens is 716 g/mol. The molecule has 0 bridgehead atoms. The van der Waals surface area contributed by atoms with Gasteiger partial charge in [0.1, 0.15) is 13.1 Å². The molecule has 48 heavy (non-hydrogen) atoms. The average molecular weight is 803 g/mol. The minimum Gasteiger partial charge on any atom is -1.00 e. The van der Waals surface area contributed by atoms with Gasteiger partial charge >= 0.3 is 0 Å². The van der Waals surface area contributed by atoms with E-state index in [4.69, 9.17) is 0 Å². The summed E-state index contributed by atoms with van der Waals surface area (Å²) in [7, 11) is 0. The molecule has 4 heteroatoms. The molecule has 0 aromatic heterocycles. The van der Waals surface area contributed by atoms with E-state index in [-0.39, 0.29) is 34.0 Å². The van der Waals surface area contributed by atoms with Gasteiger partial charge in [0.25, 0.3) is 0 Å². The van der Waals surface area contributed by atoms with E-state index in [0.29, 0.717) is 0 Å². The number of hydrogen-bond donors (Lipinski definition) is 0. The maximum atomic E-state index is 3.78. The maximum Gasteiger partial charge on any atom is 0.141 e.